The van der Waals surface area contributed by atoms with Crippen LogP contribution >= 0.6 is 11.6 Å². The van der Waals surface area contributed by atoms with Gasteiger partial charge in [0.05, 0.1) is 11.2 Å². The highest BCUT2D eigenvalue weighted by Crippen LogP contribution is 2.40. The quantitative estimate of drug-likeness (QED) is 0.735. The molecule has 0 atom stereocenters. The van der Waals surface area contributed by atoms with Gasteiger partial charge in [-0.15, -0.1) is 0 Å². The molecule has 3 rings (SSSR count). The average molecular weight is 396 g/mol. The van der Waals surface area contributed by atoms with Gasteiger partial charge in [0.1, 0.15) is 0 Å². The molecule has 0 N–H and O–H groups in total. The van der Waals surface area contributed by atoms with E-state index in [0.29, 0.717) is 24.4 Å². The Morgan fingerprint density at radius 1 is 1.26 bits per heavy atom. The predicted molar refractivity (Wildman–Crippen MR) is 104 cm³/mol. The number of aromatic nitrogens is 2. The van der Waals surface area contributed by atoms with Gasteiger partial charge >= 0.3 is 0 Å². The summed E-state index contributed by atoms with van der Waals surface area (Å²) in [5, 5.41) is 4.71. The number of aryl methyl sites for hydroxylation is 1. The normalized spacial score (nSPS) is 19.9. The highest BCUT2D eigenvalue weighted by molar-refractivity contribution is 6.30. The molecule has 1 aromatic heterocycles. The fourth-order valence-corrected chi connectivity index (χ4v) is 4.25. The molecule has 0 bridgehead atoms. The van der Waals surface area contributed by atoms with E-state index in [0.717, 1.165) is 52.0 Å². The monoisotopic (exact) mass is 395 g/mol. The number of piperidine rings is 2. The molecular weight excluding hydrogens is 366 g/mol. The van der Waals surface area contributed by atoms with Crippen LogP contribution in [0.2, 0.25) is 5.02 Å². The molecule has 150 valence electrons. The number of halogens is 1. The minimum Gasteiger partial charge on any atom is -0.343 e. The molecule has 2 aliphatic heterocycles. The second kappa shape index (κ2) is 8.61. The van der Waals surface area contributed by atoms with Gasteiger partial charge in [0, 0.05) is 58.3 Å². The van der Waals surface area contributed by atoms with Crippen molar-refractivity contribution in [2.45, 2.75) is 38.6 Å². The van der Waals surface area contributed by atoms with Gasteiger partial charge in [-0.3, -0.25) is 14.3 Å². The van der Waals surface area contributed by atoms with Gasteiger partial charge in [-0.25, -0.2) is 0 Å². The zero-order valence-electron chi connectivity index (χ0n) is 16.4. The number of likely N-dealkylation sites (tertiary alicyclic amines) is 2. The highest BCUT2D eigenvalue weighted by atomic mass is 35.5. The van der Waals surface area contributed by atoms with Crippen molar-refractivity contribution in [2.24, 2.45) is 5.41 Å². The summed E-state index contributed by atoms with van der Waals surface area (Å²) in [4.78, 5) is 30.9. The van der Waals surface area contributed by atoms with Gasteiger partial charge in [-0.1, -0.05) is 11.6 Å². The Hall–Kier alpha value is -1.60. The molecule has 0 saturated carbocycles. The molecule has 2 fully saturated rings. The van der Waals surface area contributed by atoms with E-state index in [4.69, 9.17) is 11.6 Å². The van der Waals surface area contributed by atoms with E-state index in [2.05, 4.69) is 10.00 Å². The number of carbonyl (C=O) groups excluding carboxylic acids is 2. The van der Waals surface area contributed by atoms with Crippen LogP contribution in [0.4, 0.5) is 0 Å². The molecule has 0 unspecified atom stereocenters. The second-order valence-corrected chi connectivity index (χ2v) is 8.61. The topological polar surface area (TPSA) is 61.7 Å². The summed E-state index contributed by atoms with van der Waals surface area (Å²) in [6.45, 7) is 4.66. The molecule has 0 aliphatic carbocycles. The van der Waals surface area contributed by atoms with Crippen LogP contribution in [0.3, 0.4) is 0 Å². The number of amides is 2. The predicted octanol–water partition coefficient (Wildman–Crippen LogP) is 1.72. The highest BCUT2D eigenvalue weighted by Gasteiger charge is 2.41. The Morgan fingerprint density at radius 2 is 2.00 bits per heavy atom. The molecular formula is C19H30ClN5O2. The van der Waals surface area contributed by atoms with Gasteiger partial charge in [-0.2, -0.15) is 5.10 Å². The zero-order valence-corrected chi connectivity index (χ0v) is 17.1. The lowest BCUT2D eigenvalue weighted by Gasteiger charge is -2.47. The Kier molecular flexibility index (Phi) is 6.42. The fraction of sp³-hybridized carbons (Fsp3) is 0.737. The van der Waals surface area contributed by atoms with Gasteiger partial charge in [0.2, 0.25) is 11.8 Å². The number of hydrogen-bond acceptors (Lipinski definition) is 4. The molecule has 3 heterocycles. The molecule has 2 amide bonds. The van der Waals surface area contributed by atoms with Crippen LogP contribution in [-0.4, -0.2) is 83.1 Å². The lowest BCUT2D eigenvalue weighted by molar-refractivity contribution is -0.142. The van der Waals surface area contributed by atoms with Crippen molar-refractivity contribution < 1.29 is 9.59 Å². The van der Waals surface area contributed by atoms with Crippen molar-refractivity contribution in [3.05, 3.63) is 17.4 Å². The SMILES string of the molecule is CN(C)CCN1CC2(CCC1=O)CCN(C(=O)CCn1cc(Cl)cn1)CC2. The molecule has 7 nitrogen and oxygen atoms in total. The lowest BCUT2D eigenvalue weighted by Crippen LogP contribution is -2.53. The summed E-state index contributed by atoms with van der Waals surface area (Å²) in [6, 6.07) is 0. The van der Waals surface area contributed by atoms with E-state index in [1.807, 2.05) is 23.9 Å². The molecule has 2 aliphatic rings. The van der Waals surface area contributed by atoms with Crippen LogP contribution in [-0.2, 0) is 16.1 Å². The van der Waals surface area contributed by atoms with Crippen LogP contribution in [0.5, 0.6) is 0 Å². The van der Waals surface area contributed by atoms with Crippen molar-refractivity contribution in [1.29, 1.82) is 0 Å². The average Bonchev–Trinajstić information content (AvgIpc) is 3.06. The number of rotatable bonds is 6. The zero-order chi connectivity index (χ0) is 19.4. The summed E-state index contributed by atoms with van der Waals surface area (Å²) in [5.41, 5.74) is 0.187. The van der Waals surface area contributed by atoms with E-state index in [-0.39, 0.29) is 17.2 Å². The number of nitrogens with zero attached hydrogens (tertiary/aromatic N) is 5. The number of likely N-dealkylation sites (N-methyl/N-ethyl adjacent to an activating group) is 1. The standard InChI is InChI=1S/C19H30ClN5O2/c1-22(2)11-12-24-15-19(5-3-17(24)26)6-9-23(10-7-19)18(27)4-8-25-14-16(20)13-21-25/h13-14H,3-12,15H2,1-2H3. The maximum absolute atomic E-state index is 12.5. The van der Waals surface area contributed by atoms with Gasteiger partial charge in [0.25, 0.3) is 0 Å². The molecule has 2 saturated heterocycles. The molecule has 1 aromatic rings. The summed E-state index contributed by atoms with van der Waals surface area (Å²) in [6.07, 6.45) is 7.33. The molecule has 27 heavy (non-hydrogen) atoms. The number of hydrogen-bond donors (Lipinski definition) is 0. The first-order valence-corrected chi connectivity index (χ1v) is 10.1. The maximum atomic E-state index is 12.5. The largest absolute Gasteiger partial charge is 0.343 e. The van der Waals surface area contributed by atoms with Crippen molar-refractivity contribution in [3.63, 3.8) is 0 Å². The minimum absolute atomic E-state index is 0.174. The summed E-state index contributed by atoms with van der Waals surface area (Å²) < 4.78 is 1.71. The molecule has 1 spiro atoms. The maximum Gasteiger partial charge on any atom is 0.224 e. The molecule has 0 aromatic carbocycles. The van der Waals surface area contributed by atoms with Gasteiger partial charge in [0.15, 0.2) is 0 Å². The van der Waals surface area contributed by atoms with Crippen LogP contribution in [0.25, 0.3) is 0 Å². The summed E-state index contributed by atoms with van der Waals surface area (Å²) in [7, 11) is 4.07. The van der Waals surface area contributed by atoms with Crippen molar-refractivity contribution >= 4 is 23.4 Å². The van der Waals surface area contributed by atoms with Gasteiger partial charge in [-0.05, 0) is 38.8 Å². The Labute approximate surface area is 166 Å². The van der Waals surface area contributed by atoms with E-state index >= 15 is 0 Å². The van der Waals surface area contributed by atoms with Crippen LogP contribution in [0, 0.1) is 5.41 Å². The summed E-state index contributed by atoms with van der Waals surface area (Å²) >= 11 is 5.86. The van der Waals surface area contributed by atoms with E-state index in [1.54, 1.807) is 17.1 Å². The first kappa shape index (κ1) is 20.1. The molecule has 8 heteroatoms. The Bertz CT molecular complexity index is 667. The third-order valence-electron chi connectivity index (χ3n) is 5.90. The first-order chi connectivity index (χ1) is 12.9. The second-order valence-electron chi connectivity index (χ2n) is 8.17. The van der Waals surface area contributed by atoms with Crippen LogP contribution in [0.15, 0.2) is 12.4 Å². The van der Waals surface area contributed by atoms with Crippen LogP contribution in [0.1, 0.15) is 32.1 Å². The lowest BCUT2D eigenvalue weighted by atomic mass is 9.72. The molecule has 0 radical (unpaired) electrons. The van der Waals surface area contributed by atoms with Crippen molar-refractivity contribution in [3.8, 4) is 0 Å². The first-order valence-electron chi connectivity index (χ1n) is 9.75. The Morgan fingerprint density at radius 3 is 2.63 bits per heavy atom. The van der Waals surface area contributed by atoms with Crippen molar-refractivity contribution in [2.75, 3.05) is 46.8 Å². The number of carbonyl (C=O) groups is 2. The fourth-order valence-electron chi connectivity index (χ4n) is 4.09. The minimum atomic E-state index is 0.174. The van der Waals surface area contributed by atoms with E-state index < -0.39 is 0 Å². The third-order valence-corrected chi connectivity index (χ3v) is 6.09. The van der Waals surface area contributed by atoms with E-state index in [9.17, 15) is 9.59 Å². The van der Waals surface area contributed by atoms with Gasteiger partial charge < -0.3 is 14.7 Å². The third kappa shape index (κ3) is 5.23. The van der Waals surface area contributed by atoms with E-state index in [1.165, 1.54) is 0 Å². The van der Waals surface area contributed by atoms with Crippen LogP contribution < -0.4 is 0 Å². The Balaban J connectivity index is 1.48. The van der Waals surface area contributed by atoms with Crippen molar-refractivity contribution in [1.82, 2.24) is 24.5 Å². The summed E-state index contributed by atoms with van der Waals surface area (Å²) in [5.74, 6) is 0.451. The smallest absolute Gasteiger partial charge is 0.224 e.